The largest absolute Gasteiger partial charge is 0.464 e. The summed E-state index contributed by atoms with van der Waals surface area (Å²) in [6.07, 6.45) is 5.11. The number of hydrogen-bond donors (Lipinski definition) is 2. The minimum absolute atomic E-state index is 0.250. The average Bonchev–Trinajstić information content (AvgIpc) is 2.82. The Morgan fingerprint density at radius 2 is 2.05 bits per heavy atom. The molecule has 0 unspecified atom stereocenters. The molecule has 5 nitrogen and oxygen atoms in total. The normalized spacial score (nSPS) is 12.0. The third-order valence-electron chi connectivity index (χ3n) is 3.08. The summed E-state index contributed by atoms with van der Waals surface area (Å²) < 4.78 is 32.6. The summed E-state index contributed by atoms with van der Waals surface area (Å²) in [4.78, 5) is 0.250. The first-order valence-corrected chi connectivity index (χ1v) is 10.2. The van der Waals surface area contributed by atoms with Gasteiger partial charge in [0.15, 0.2) is 0 Å². The first-order valence-electron chi connectivity index (χ1n) is 7.30. The summed E-state index contributed by atoms with van der Waals surface area (Å²) in [5, 5.41) is 3.12. The molecule has 0 saturated heterocycles. The second-order valence-corrected chi connectivity index (χ2v) is 7.59. The second-order valence-electron chi connectivity index (χ2n) is 4.86. The Hall–Kier alpha value is -0.500. The van der Waals surface area contributed by atoms with Crippen molar-refractivity contribution in [2.45, 2.75) is 44.6 Å². The number of aryl methyl sites for hydroxylation is 1. The summed E-state index contributed by atoms with van der Waals surface area (Å²) in [6.45, 7) is 5.51. The van der Waals surface area contributed by atoms with Gasteiger partial charge in [-0.3, -0.25) is 0 Å². The predicted molar refractivity (Wildman–Crippen MR) is 88.2 cm³/mol. The number of rotatable bonds is 11. The Morgan fingerprint density at radius 3 is 2.71 bits per heavy atom. The van der Waals surface area contributed by atoms with Crippen LogP contribution in [0.25, 0.3) is 0 Å². The molecule has 1 aromatic heterocycles. The lowest BCUT2D eigenvalue weighted by atomic mass is 10.2. The summed E-state index contributed by atoms with van der Waals surface area (Å²) in [5.41, 5.74) is 0. The maximum atomic E-state index is 12.2. The number of furan rings is 1. The molecule has 1 rings (SSSR count). The molecule has 0 aliphatic carbocycles. The van der Waals surface area contributed by atoms with E-state index in [0.717, 1.165) is 31.6 Å². The Kier molecular flexibility index (Phi) is 8.39. The fraction of sp³-hybridized carbons (Fsp3) is 0.714. The molecule has 7 heteroatoms. The molecule has 1 heterocycles. The van der Waals surface area contributed by atoms with Gasteiger partial charge in [-0.2, -0.15) is 11.8 Å². The van der Waals surface area contributed by atoms with Crippen molar-refractivity contribution in [3.05, 3.63) is 17.6 Å². The number of nitrogens with one attached hydrogen (secondary N) is 2. The van der Waals surface area contributed by atoms with Crippen molar-refractivity contribution in [1.82, 2.24) is 10.0 Å². The maximum Gasteiger partial charge on any atom is 0.244 e. The minimum atomic E-state index is -3.46. The van der Waals surface area contributed by atoms with Crippen molar-refractivity contribution in [2.24, 2.45) is 0 Å². The molecular weight excluding hydrogens is 308 g/mol. The third-order valence-corrected chi connectivity index (χ3v) is 5.34. The van der Waals surface area contributed by atoms with E-state index in [4.69, 9.17) is 4.42 Å². The van der Waals surface area contributed by atoms with E-state index in [1.165, 1.54) is 0 Å². The van der Waals surface area contributed by atoms with E-state index >= 15 is 0 Å². The summed E-state index contributed by atoms with van der Waals surface area (Å²) in [5.74, 6) is 2.22. The van der Waals surface area contributed by atoms with Crippen molar-refractivity contribution in [1.29, 1.82) is 0 Å². The van der Waals surface area contributed by atoms with E-state index in [0.29, 0.717) is 24.6 Å². The van der Waals surface area contributed by atoms with Crippen LogP contribution in [0.15, 0.2) is 15.4 Å². The van der Waals surface area contributed by atoms with Crippen LogP contribution in [0.2, 0.25) is 0 Å². The zero-order valence-electron chi connectivity index (χ0n) is 13.1. The van der Waals surface area contributed by atoms with Crippen LogP contribution < -0.4 is 10.0 Å². The highest BCUT2D eigenvalue weighted by atomic mass is 32.2. The second kappa shape index (κ2) is 9.50. The van der Waals surface area contributed by atoms with Crippen LogP contribution in [0.4, 0.5) is 0 Å². The fourth-order valence-electron chi connectivity index (χ4n) is 1.96. The van der Waals surface area contributed by atoms with E-state index in [2.05, 4.69) is 16.3 Å². The molecule has 21 heavy (non-hydrogen) atoms. The van der Waals surface area contributed by atoms with Gasteiger partial charge in [-0.15, -0.1) is 0 Å². The lowest BCUT2D eigenvalue weighted by molar-refractivity contribution is 0.460. The van der Waals surface area contributed by atoms with Crippen molar-refractivity contribution in [2.75, 3.05) is 25.1 Å². The van der Waals surface area contributed by atoms with Crippen molar-refractivity contribution in [3.63, 3.8) is 0 Å². The standard InChI is InChI=1S/C14H26N2O3S2/c1-4-15-11-13-10-14(12(2)19-13)21(17,18)16-8-6-5-7-9-20-3/h10,15-16H,4-9,11H2,1-3H3. The highest BCUT2D eigenvalue weighted by Crippen LogP contribution is 2.19. The van der Waals surface area contributed by atoms with Gasteiger partial charge in [-0.1, -0.05) is 13.3 Å². The van der Waals surface area contributed by atoms with Gasteiger partial charge in [0.25, 0.3) is 0 Å². The van der Waals surface area contributed by atoms with Crippen LogP contribution in [-0.4, -0.2) is 33.5 Å². The molecule has 1 aromatic rings. The van der Waals surface area contributed by atoms with Gasteiger partial charge in [0, 0.05) is 12.6 Å². The molecule has 0 amide bonds. The molecule has 0 radical (unpaired) electrons. The Morgan fingerprint density at radius 1 is 1.29 bits per heavy atom. The van der Waals surface area contributed by atoms with Gasteiger partial charge in [0.05, 0.1) is 6.54 Å². The molecule has 0 atom stereocenters. The number of hydrogen-bond acceptors (Lipinski definition) is 5. The van der Waals surface area contributed by atoms with E-state index in [1.807, 2.05) is 18.7 Å². The van der Waals surface area contributed by atoms with Crippen LogP contribution in [0.1, 0.15) is 37.7 Å². The van der Waals surface area contributed by atoms with E-state index in [9.17, 15) is 8.42 Å². The first kappa shape index (κ1) is 18.5. The Bertz CT molecular complexity index is 512. The zero-order chi connectivity index (χ0) is 15.7. The number of thioether (sulfide) groups is 1. The molecule has 0 aliphatic heterocycles. The predicted octanol–water partition coefficient (Wildman–Crippen LogP) is 2.51. The van der Waals surface area contributed by atoms with Crippen molar-refractivity contribution < 1.29 is 12.8 Å². The minimum Gasteiger partial charge on any atom is -0.464 e. The van der Waals surface area contributed by atoms with Crippen LogP contribution in [0.3, 0.4) is 0 Å². The van der Waals surface area contributed by atoms with E-state index in [-0.39, 0.29) is 4.90 Å². The molecule has 0 saturated carbocycles. The molecule has 0 bridgehead atoms. The van der Waals surface area contributed by atoms with Crippen molar-refractivity contribution in [3.8, 4) is 0 Å². The summed E-state index contributed by atoms with van der Waals surface area (Å²) in [6, 6.07) is 1.61. The molecule has 0 aliphatic rings. The molecule has 0 fully saturated rings. The zero-order valence-corrected chi connectivity index (χ0v) is 14.7. The lowest BCUT2D eigenvalue weighted by Gasteiger charge is -2.05. The quantitative estimate of drug-likeness (QED) is 0.609. The van der Waals surface area contributed by atoms with Crippen molar-refractivity contribution >= 4 is 21.8 Å². The van der Waals surface area contributed by atoms with Gasteiger partial charge in [0.1, 0.15) is 16.4 Å². The fourth-order valence-corrected chi connectivity index (χ4v) is 3.73. The molecule has 122 valence electrons. The maximum absolute atomic E-state index is 12.2. The first-order chi connectivity index (χ1) is 10.0. The number of unbranched alkanes of at least 4 members (excludes halogenated alkanes) is 2. The Balaban J connectivity index is 2.51. The molecular formula is C14H26N2O3S2. The monoisotopic (exact) mass is 334 g/mol. The van der Waals surface area contributed by atoms with Crippen LogP contribution in [-0.2, 0) is 16.6 Å². The van der Waals surface area contributed by atoms with Gasteiger partial charge in [0.2, 0.25) is 10.0 Å². The molecule has 0 aromatic carbocycles. The topological polar surface area (TPSA) is 71.3 Å². The molecule has 2 N–H and O–H groups in total. The molecule has 0 spiro atoms. The average molecular weight is 335 g/mol. The van der Waals surface area contributed by atoms with Gasteiger partial charge < -0.3 is 9.73 Å². The lowest BCUT2D eigenvalue weighted by Crippen LogP contribution is -2.25. The highest BCUT2D eigenvalue weighted by molar-refractivity contribution is 7.98. The van der Waals surface area contributed by atoms with Crippen LogP contribution in [0, 0.1) is 6.92 Å². The van der Waals surface area contributed by atoms with E-state index < -0.39 is 10.0 Å². The van der Waals surface area contributed by atoms with Gasteiger partial charge >= 0.3 is 0 Å². The smallest absolute Gasteiger partial charge is 0.244 e. The van der Waals surface area contributed by atoms with Crippen LogP contribution in [0.5, 0.6) is 0 Å². The summed E-state index contributed by atoms with van der Waals surface area (Å²) in [7, 11) is -3.46. The highest BCUT2D eigenvalue weighted by Gasteiger charge is 2.20. The van der Waals surface area contributed by atoms with Gasteiger partial charge in [-0.05, 0) is 38.3 Å². The SMILES string of the molecule is CCNCc1cc(S(=O)(=O)NCCCCCSC)c(C)o1. The summed E-state index contributed by atoms with van der Waals surface area (Å²) >= 11 is 1.82. The van der Waals surface area contributed by atoms with Crippen LogP contribution >= 0.6 is 11.8 Å². The van der Waals surface area contributed by atoms with Gasteiger partial charge in [-0.25, -0.2) is 13.1 Å². The van der Waals surface area contributed by atoms with E-state index in [1.54, 1.807) is 13.0 Å². The third kappa shape index (κ3) is 6.42. The Labute approximate surface area is 132 Å². The number of sulfonamides is 1.